The molecule has 0 aliphatic rings. The minimum Gasteiger partial charge on any atom is -0.176 e. The fourth-order valence-corrected chi connectivity index (χ4v) is 0.901. The summed E-state index contributed by atoms with van der Waals surface area (Å²) < 4.78 is 0. The minimum absolute atomic E-state index is 0.537. The fourth-order valence-electron chi connectivity index (χ4n) is 0.557. The highest BCUT2D eigenvalue weighted by molar-refractivity contribution is 7.80. The zero-order chi connectivity index (χ0) is 6.73. The summed E-state index contributed by atoms with van der Waals surface area (Å²) in [5.74, 6) is 1.50. The van der Waals surface area contributed by atoms with Crippen LogP contribution in [0.15, 0.2) is 0 Å². The second-order valence-corrected chi connectivity index (χ2v) is 3.66. The first-order valence-electron chi connectivity index (χ1n) is 3.23. The van der Waals surface area contributed by atoms with Crippen LogP contribution in [0.1, 0.15) is 27.7 Å². The van der Waals surface area contributed by atoms with Crippen LogP contribution in [0, 0.1) is 11.8 Å². The SMILES string of the molecule is CC(C)C(C)C(C)S. The van der Waals surface area contributed by atoms with Crippen LogP contribution in [-0.2, 0) is 0 Å². The molecule has 50 valence electrons. The van der Waals surface area contributed by atoms with Gasteiger partial charge in [-0.2, -0.15) is 12.6 Å². The summed E-state index contributed by atoms with van der Waals surface area (Å²) in [6.07, 6.45) is 0. The van der Waals surface area contributed by atoms with E-state index >= 15 is 0 Å². The van der Waals surface area contributed by atoms with Crippen molar-refractivity contribution >= 4 is 12.6 Å². The number of rotatable bonds is 2. The van der Waals surface area contributed by atoms with Crippen LogP contribution >= 0.6 is 12.6 Å². The molecule has 8 heavy (non-hydrogen) atoms. The van der Waals surface area contributed by atoms with E-state index in [-0.39, 0.29) is 0 Å². The largest absolute Gasteiger partial charge is 0.176 e. The van der Waals surface area contributed by atoms with Crippen molar-refractivity contribution in [3.05, 3.63) is 0 Å². The maximum atomic E-state index is 4.33. The second kappa shape index (κ2) is 3.39. The van der Waals surface area contributed by atoms with Crippen molar-refractivity contribution in [1.82, 2.24) is 0 Å². The minimum atomic E-state index is 0.537. The highest BCUT2D eigenvalue weighted by Crippen LogP contribution is 2.17. The van der Waals surface area contributed by atoms with Gasteiger partial charge in [0.2, 0.25) is 0 Å². The van der Waals surface area contributed by atoms with Crippen molar-refractivity contribution in [3.63, 3.8) is 0 Å². The molecule has 0 aromatic carbocycles. The van der Waals surface area contributed by atoms with Crippen molar-refractivity contribution in [3.8, 4) is 0 Å². The van der Waals surface area contributed by atoms with E-state index < -0.39 is 0 Å². The first-order chi connectivity index (χ1) is 3.55. The van der Waals surface area contributed by atoms with Gasteiger partial charge in [-0.1, -0.05) is 27.7 Å². The van der Waals surface area contributed by atoms with Gasteiger partial charge in [-0.05, 0) is 11.8 Å². The van der Waals surface area contributed by atoms with E-state index in [1.54, 1.807) is 0 Å². The quantitative estimate of drug-likeness (QED) is 0.549. The molecule has 1 heteroatoms. The molecule has 0 aliphatic carbocycles. The van der Waals surface area contributed by atoms with Gasteiger partial charge in [-0.15, -0.1) is 0 Å². The normalized spacial score (nSPS) is 18.8. The predicted octanol–water partition coefficient (Wildman–Crippen LogP) is 2.60. The van der Waals surface area contributed by atoms with Crippen molar-refractivity contribution in [2.45, 2.75) is 32.9 Å². The molecular weight excluding hydrogens is 116 g/mol. The van der Waals surface area contributed by atoms with Crippen molar-refractivity contribution in [2.75, 3.05) is 0 Å². The van der Waals surface area contributed by atoms with E-state index in [0.717, 1.165) is 11.8 Å². The Hall–Kier alpha value is 0.350. The second-order valence-electron chi connectivity index (χ2n) is 2.84. The van der Waals surface area contributed by atoms with Gasteiger partial charge in [0.1, 0.15) is 0 Å². The standard InChI is InChI=1S/C7H16S/c1-5(2)6(3)7(4)8/h5-8H,1-4H3. The molecule has 0 rings (SSSR count). The summed E-state index contributed by atoms with van der Waals surface area (Å²) in [4.78, 5) is 0. The first kappa shape index (κ1) is 8.35. The Bertz CT molecular complexity index is 49.4. The van der Waals surface area contributed by atoms with Gasteiger partial charge in [0, 0.05) is 5.25 Å². The van der Waals surface area contributed by atoms with E-state index in [0.29, 0.717) is 5.25 Å². The van der Waals surface area contributed by atoms with Crippen molar-refractivity contribution in [1.29, 1.82) is 0 Å². The lowest BCUT2D eigenvalue weighted by Crippen LogP contribution is -2.13. The zero-order valence-electron chi connectivity index (χ0n) is 6.18. The smallest absolute Gasteiger partial charge is 0.00165 e. The summed E-state index contributed by atoms with van der Waals surface area (Å²) in [6.45, 7) is 8.85. The summed E-state index contributed by atoms with van der Waals surface area (Å²) in [5.41, 5.74) is 0. The lowest BCUT2D eigenvalue weighted by atomic mass is 9.95. The van der Waals surface area contributed by atoms with Gasteiger partial charge < -0.3 is 0 Å². The third-order valence-corrected chi connectivity index (χ3v) is 2.28. The lowest BCUT2D eigenvalue weighted by Gasteiger charge is -2.17. The zero-order valence-corrected chi connectivity index (χ0v) is 7.07. The molecule has 0 bridgehead atoms. The molecule has 0 saturated carbocycles. The van der Waals surface area contributed by atoms with E-state index in [1.807, 2.05) is 0 Å². The molecular formula is C7H16S. The van der Waals surface area contributed by atoms with Crippen LogP contribution in [0.4, 0.5) is 0 Å². The summed E-state index contributed by atoms with van der Waals surface area (Å²) in [6, 6.07) is 0. The average Bonchev–Trinajstić information content (AvgIpc) is 1.64. The molecule has 2 atom stereocenters. The van der Waals surface area contributed by atoms with Gasteiger partial charge in [-0.3, -0.25) is 0 Å². The molecule has 0 N–H and O–H groups in total. The highest BCUT2D eigenvalue weighted by Gasteiger charge is 2.10. The molecule has 2 unspecified atom stereocenters. The highest BCUT2D eigenvalue weighted by atomic mass is 32.1. The molecule has 0 spiro atoms. The van der Waals surface area contributed by atoms with Crippen LogP contribution in [0.3, 0.4) is 0 Å². The molecule has 0 aliphatic heterocycles. The van der Waals surface area contributed by atoms with E-state index in [1.165, 1.54) is 0 Å². The molecule has 0 fully saturated rings. The maximum absolute atomic E-state index is 4.33. The Morgan fingerprint density at radius 1 is 1.00 bits per heavy atom. The number of thiol groups is 1. The van der Waals surface area contributed by atoms with Gasteiger partial charge >= 0.3 is 0 Å². The van der Waals surface area contributed by atoms with E-state index in [9.17, 15) is 0 Å². The third kappa shape index (κ3) is 2.61. The topological polar surface area (TPSA) is 0 Å². The number of hydrogen-bond donors (Lipinski definition) is 1. The van der Waals surface area contributed by atoms with E-state index in [2.05, 4.69) is 40.3 Å². The van der Waals surface area contributed by atoms with Gasteiger partial charge in [0.05, 0.1) is 0 Å². The summed E-state index contributed by atoms with van der Waals surface area (Å²) in [5, 5.41) is 0.537. The van der Waals surface area contributed by atoms with Crippen LogP contribution < -0.4 is 0 Å². The fraction of sp³-hybridized carbons (Fsp3) is 1.00. The Morgan fingerprint density at radius 2 is 1.38 bits per heavy atom. The van der Waals surface area contributed by atoms with Crippen LogP contribution in [0.2, 0.25) is 0 Å². The lowest BCUT2D eigenvalue weighted by molar-refractivity contribution is 0.418. The van der Waals surface area contributed by atoms with Crippen molar-refractivity contribution in [2.24, 2.45) is 11.8 Å². The Labute approximate surface area is 58.1 Å². The third-order valence-electron chi connectivity index (χ3n) is 1.81. The Balaban J connectivity index is 3.46. The monoisotopic (exact) mass is 132 g/mol. The van der Waals surface area contributed by atoms with Gasteiger partial charge in [-0.25, -0.2) is 0 Å². The first-order valence-corrected chi connectivity index (χ1v) is 3.75. The summed E-state index contributed by atoms with van der Waals surface area (Å²) >= 11 is 4.33. The maximum Gasteiger partial charge on any atom is 0.00165 e. The predicted molar refractivity (Wildman–Crippen MR) is 42.5 cm³/mol. The Morgan fingerprint density at radius 3 is 1.38 bits per heavy atom. The molecule has 0 radical (unpaired) electrons. The van der Waals surface area contributed by atoms with Crippen molar-refractivity contribution < 1.29 is 0 Å². The van der Waals surface area contributed by atoms with Crippen LogP contribution in [0.5, 0.6) is 0 Å². The summed E-state index contributed by atoms with van der Waals surface area (Å²) in [7, 11) is 0. The van der Waals surface area contributed by atoms with Crippen LogP contribution in [-0.4, -0.2) is 5.25 Å². The molecule has 0 aromatic heterocycles. The van der Waals surface area contributed by atoms with Gasteiger partial charge in [0.25, 0.3) is 0 Å². The van der Waals surface area contributed by atoms with Gasteiger partial charge in [0.15, 0.2) is 0 Å². The number of hydrogen-bond acceptors (Lipinski definition) is 1. The van der Waals surface area contributed by atoms with E-state index in [4.69, 9.17) is 0 Å². The molecule has 0 saturated heterocycles. The average molecular weight is 132 g/mol. The molecule has 0 aromatic rings. The molecule has 0 amide bonds. The Kier molecular flexibility index (Phi) is 3.54. The van der Waals surface area contributed by atoms with Crippen LogP contribution in [0.25, 0.3) is 0 Å². The molecule has 0 heterocycles. The molecule has 0 nitrogen and oxygen atoms in total.